The molecule has 1 aliphatic heterocycles. The lowest BCUT2D eigenvalue weighted by Gasteiger charge is -2.27. The van der Waals surface area contributed by atoms with E-state index in [0.717, 1.165) is 38.0 Å². The molecule has 0 saturated carbocycles. The summed E-state index contributed by atoms with van der Waals surface area (Å²) in [6.07, 6.45) is 8.19. The number of aryl methyl sites for hydroxylation is 1. The zero-order valence-corrected chi connectivity index (χ0v) is 17.1. The maximum Gasteiger partial charge on any atom is 0.273 e. The summed E-state index contributed by atoms with van der Waals surface area (Å²) in [5, 5.41) is 10.5. The first-order chi connectivity index (χ1) is 14.8. The summed E-state index contributed by atoms with van der Waals surface area (Å²) >= 11 is 0. The minimum atomic E-state index is -0.223. The van der Waals surface area contributed by atoms with Crippen molar-refractivity contribution < 1.29 is 9.21 Å². The zero-order valence-electron chi connectivity index (χ0n) is 17.1. The Morgan fingerprint density at radius 1 is 1.13 bits per heavy atom. The van der Waals surface area contributed by atoms with Gasteiger partial charge in [0.15, 0.2) is 5.69 Å². The summed E-state index contributed by atoms with van der Waals surface area (Å²) in [4.78, 5) is 19.3. The molecule has 1 aliphatic carbocycles. The number of oxazole rings is 1. The second-order valence-corrected chi connectivity index (χ2v) is 8.23. The monoisotopic (exact) mass is 405 g/mol. The molecule has 0 saturated heterocycles. The quantitative estimate of drug-likeness (QED) is 0.637. The number of aromatic amines is 1. The Morgan fingerprint density at radius 2 is 2.00 bits per heavy atom. The average Bonchev–Trinajstić information content (AvgIpc) is 3.32. The van der Waals surface area contributed by atoms with Crippen molar-refractivity contribution in [2.45, 2.75) is 58.2 Å². The first-order valence-electron chi connectivity index (χ1n) is 10.8. The van der Waals surface area contributed by atoms with E-state index in [2.05, 4.69) is 49.7 Å². The molecule has 2 N–H and O–H groups in total. The van der Waals surface area contributed by atoms with Crippen LogP contribution in [-0.2, 0) is 38.9 Å². The fourth-order valence-corrected chi connectivity index (χ4v) is 4.50. The summed E-state index contributed by atoms with van der Waals surface area (Å²) in [5.41, 5.74) is 6.53. The number of carbonyl (C=O) groups is 1. The van der Waals surface area contributed by atoms with E-state index in [1.807, 2.05) is 0 Å². The van der Waals surface area contributed by atoms with E-state index < -0.39 is 0 Å². The number of carbonyl (C=O) groups excluding carboxylic acids is 1. The molecular formula is C23H27N5O2. The van der Waals surface area contributed by atoms with Gasteiger partial charge in [-0.05, 0) is 48.8 Å². The molecule has 2 aliphatic rings. The summed E-state index contributed by atoms with van der Waals surface area (Å²) in [6, 6.07) is 8.53. The fourth-order valence-electron chi connectivity index (χ4n) is 4.50. The second kappa shape index (κ2) is 8.44. The number of amides is 1. The van der Waals surface area contributed by atoms with Crippen LogP contribution in [0.3, 0.4) is 0 Å². The van der Waals surface area contributed by atoms with Gasteiger partial charge in [0.1, 0.15) is 6.26 Å². The smallest absolute Gasteiger partial charge is 0.273 e. The van der Waals surface area contributed by atoms with Crippen LogP contribution in [0.4, 0.5) is 0 Å². The number of rotatable bonds is 5. The van der Waals surface area contributed by atoms with Crippen LogP contribution in [0.2, 0.25) is 0 Å². The predicted octanol–water partition coefficient (Wildman–Crippen LogP) is 3.15. The third-order valence-electron chi connectivity index (χ3n) is 6.16. The van der Waals surface area contributed by atoms with Gasteiger partial charge in [-0.3, -0.25) is 14.8 Å². The van der Waals surface area contributed by atoms with E-state index in [9.17, 15) is 4.79 Å². The highest BCUT2D eigenvalue weighted by Crippen LogP contribution is 2.22. The minimum Gasteiger partial charge on any atom is -0.447 e. The van der Waals surface area contributed by atoms with Gasteiger partial charge >= 0.3 is 0 Å². The van der Waals surface area contributed by atoms with E-state index in [-0.39, 0.29) is 5.91 Å². The summed E-state index contributed by atoms with van der Waals surface area (Å²) in [5.74, 6) is 0.354. The largest absolute Gasteiger partial charge is 0.447 e. The predicted molar refractivity (Wildman–Crippen MR) is 112 cm³/mol. The summed E-state index contributed by atoms with van der Waals surface area (Å²) in [6.45, 7) is 2.86. The molecule has 156 valence electrons. The van der Waals surface area contributed by atoms with Gasteiger partial charge in [-0.15, -0.1) is 0 Å². The van der Waals surface area contributed by atoms with Crippen LogP contribution in [0.25, 0.3) is 0 Å². The molecule has 7 nitrogen and oxygen atoms in total. The van der Waals surface area contributed by atoms with E-state index in [1.165, 1.54) is 47.9 Å². The van der Waals surface area contributed by atoms with Gasteiger partial charge in [0.2, 0.25) is 5.89 Å². The molecule has 3 heterocycles. The molecule has 7 heteroatoms. The Kier molecular flexibility index (Phi) is 5.36. The Labute approximate surface area is 175 Å². The Hall–Kier alpha value is -2.93. The van der Waals surface area contributed by atoms with Crippen LogP contribution >= 0.6 is 0 Å². The highest BCUT2D eigenvalue weighted by atomic mass is 16.3. The van der Waals surface area contributed by atoms with Gasteiger partial charge in [-0.1, -0.05) is 30.7 Å². The Balaban J connectivity index is 1.18. The standard InChI is InChI=1S/C23H27N5O2/c29-23(24-12-20-18-8-2-1-3-9-19(18)26-27-20)21-15-30-22(25-21)14-28-11-10-16-6-4-5-7-17(16)13-28/h4-7,15H,1-3,8-14H2,(H,24,29)(H,26,27). The van der Waals surface area contributed by atoms with Crippen molar-refractivity contribution in [2.24, 2.45) is 0 Å². The van der Waals surface area contributed by atoms with Crippen molar-refractivity contribution in [3.05, 3.63) is 70.2 Å². The third kappa shape index (κ3) is 4.03. The summed E-state index contributed by atoms with van der Waals surface area (Å²) < 4.78 is 5.59. The molecule has 0 atom stereocenters. The topological polar surface area (TPSA) is 87.0 Å². The molecule has 1 aromatic carbocycles. The van der Waals surface area contributed by atoms with Crippen LogP contribution in [0.1, 0.15) is 63.7 Å². The number of aromatic nitrogens is 3. The molecule has 0 fully saturated rings. The fraction of sp³-hybridized carbons (Fsp3) is 0.435. The molecule has 0 spiro atoms. The van der Waals surface area contributed by atoms with Gasteiger partial charge in [0, 0.05) is 18.8 Å². The molecule has 3 aromatic rings. The lowest BCUT2D eigenvalue weighted by Crippen LogP contribution is -2.30. The Bertz CT molecular complexity index is 1040. The lowest BCUT2D eigenvalue weighted by atomic mass is 10.00. The molecule has 2 aromatic heterocycles. The van der Waals surface area contributed by atoms with Crippen LogP contribution < -0.4 is 5.32 Å². The molecule has 1 amide bonds. The van der Waals surface area contributed by atoms with Crippen molar-refractivity contribution in [3.8, 4) is 0 Å². The molecule has 0 radical (unpaired) electrons. The third-order valence-corrected chi connectivity index (χ3v) is 6.16. The molecular weight excluding hydrogens is 378 g/mol. The van der Waals surface area contributed by atoms with Gasteiger partial charge in [-0.25, -0.2) is 4.98 Å². The molecule has 0 bridgehead atoms. The maximum atomic E-state index is 12.6. The van der Waals surface area contributed by atoms with Crippen LogP contribution in [0.15, 0.2) is 34.9 Å². The second-order valence-electron chi connectivity index (χ2n) is 8.23. The van der Waals surface area contributed by atoms with Crippen molar-refractivity contribution >= 4 is 5.91 Å². The average molecular weight is 406 g/mol. The molecule has 30 heavy (non-hydrogen) atoms. The van der Waals surface area contributed by atoms with Crippen molar-refractivity contribution in [1.82, 2.24) is 25.4 Å². The lowest BCUT2D eigenvalue weighted by molar-refractivity contribution is 0.0945. The molecule has 0 unspecified atom stereocenters. The molecule has 5 rings (SSSR count). The SMILES string of the molecule is O=C(NCc1n[nH]c2c1CCCCC2)c1coc(CN2CCc3ccccc3C2)n1. The number of nitrogens with one attached hydrogen (secondary N) is 2. The number of fused-ring (bicyclic) bond motifs is 2. The van der Waals surface area contributed by atoms with Crippen LogP contribution in [-0.4, -0.2) is 32.5 Å². The maximum absolute atomic E-state index is 12.6. The Morgan fingerprint density at radius 3 is 2.93 bits per heavy atom. The van der Waals surface area contributed by atoms with Crippen LogP contribution in [0.5, 0.6) is 0 Å². The summed E-state index contributed by atoms with van der Waals surface area (Å²) in [7, 11) is 0. The highest BCUT2D eigenvalue weighted by molar-refractivity contribution is 5.91. The first-order valence-corrected chi connectivity index (χ1v) is 10.8. The van der Waals surface area contributed by atoms with Gasteiger partial charge < -0.3 is 9.73 Å². The van der Waals surface area contributed by atoms with Gasteiger partial charge in [-0.2, -0.15) is 5.10 Å². The number of hydrogen-bond acceptors (Lipinski definition) is 5. The number of H-pyrrole nitrogens is 1. The van der Waals surface area contributed by atoms with E-state index in [4.69, 9.17) is 4.42 Å². The number of hydrogen-bond donors (Lipinski definition) is 2. The van der Waals surface area contributed by atoms with E-state index >= 15 is 0 Å². The van der Waals surface area contributed by atoms with E-state index in [0.29, 0.717) is 24.7 Å². The van der Waals surface area contributed by atoms with Gasteiger partial charge in [0.25, 0.3) is 5.91 Å². The van der Waals surface area contributed by atoms with Crippen molar-refractivity contribution in [2.75, 3.05) is 6.54 Å². The van der Waals surface area contributed by atoms with Crippen LogP contribution in [0, 0.1) is 0 Å². The zero-order chi connectivity index (χ0) is 20.3. The minimum absolute atomic E-state index is 0.223. The van der Waals surface area contributed by atoms with E-state index in [1.54, 1.807) is 0 Å². The normalized spacial score (nSPS) is 16.5. The van der Waals surface area contributed by atoms with Gasteiger partial charge in [0.05, 0.1) is 18.8 Å². The number of benzene rings is 1. The van der Waals surface area contributed by atoms with Crippen molar-refractivity contribution in [3.63, 3.8) is 0 Å². The number of nitrogens with zero attached hydrogens (tertiary/aromatic N) is 3. The first kappa shape index (κ1) is 19.1. The highest BCUT2D eigenvalue weighted by Gasteiger charge is 2.20. The van der Waals surface area contributed by atoms with Crippen molar-refractivity contribution in [1.29, 1.82) is 0 Å².